The van der Waals surface area contributed by atoms with E-state index < -0.39 is 0 Å². The third-order valence-corrected chi connectivity index (χ3v) is 4.34. The fraction of sp³-hybridized carbons (Fsp3) is 0.190. The average molecular weight is 345 g/mol. The molecule has 0 unspecified atom stereocenters. The zero-order valence-corrected chi connectivity index (χ0v) is 15.0. The molecule has 2 heterocycles. The van der Waals surface area contributed by atoms with E-state index in [4.69, 9.17) is 14.2 Å². The molecule has 5 heteroatoms. The first-order valence-corrected chi connectivity index (χ1v) is 8.60. The normalized spacial score (nSPS) is 11.0. The van der Waals surface area contributed by atoms with Crippen LogP contribution in [0.15, 0.2) is 53.1 Å². The standard InChI is InChI=1S/C21H19N3O2/c1-4-25-20-17(12-15-10-7-9-14(3)18(15)22-20)19-23-21(26-24-19)16-11-6-5-8-13(16)2/h5-12H,4H2,1-3H3. The van der Waals surface area contributed by atoms with E-state index in [0.29, 0.717) is 24.2 Å². The minimum absolute atomic E-state index is 0.475. The van der Waals surface area contributed by atoms with Gasteiger partial charge in [-0.15, -0.1) is 0 Å². The molecule has 0 spiro atoms. The topological polar surface area (TPSA) is 61.0 Å². The van der Waals surface area contributed by atoms with E-state index in [1.807, 2.05) is 69.3 Å². The van der Waals surface area contributed by atoms with E-state index in [2.05, 4.69) is 10.1 Å². The number of benzene rings is 2. The molecule has 0 aliphatic rings. The van der Waals surface area contributed by atoms with E-state index >= 15 is 0 Å². The Labute approximate surface area is 151 Å². The van der Waals surface area contributed by atoms with Crippen molar-refractivity contribution in [2.75, 3.05) is 6.61 Å². The van der Waals surface area contributed by atoms with Crippen LogP contribution in [0, 0.1) is 13.8 Å². The molecule has 0 N–H and O–H groups in total. The number of aromatic nitrogens is 3. The highest BCUT2D eigenvalue weighted by molar-refractivity contribution is 5.87. The Morgan fingerprint density at radius 2 is 1.73 bits per heavy atom. The van der Waals surface area contributed by atoms with Crippen molar-refractivity contribution in [3.8, 4) is 28.7 Å². The molecule has 0 amide bonds. The molecule has 2 aromatic heterocycles. The Hall–Kier alpha value is -3.21. The molecule has 0 bridgehead atoms. The molecular formula is C21H19N3O2. The highest BCUT2D eigenvalue weighted by atomic mass is 16.5. The third-order valence-electron chi connectivity index (χ3n) is 4.34. The van der Waals surface area contributed by atoms with Gasteiger partial charge in [-0.25, -0.2) is 4.98 Å². The van der Waals surface area contributed by atoms with Crippen LogP contribution in [0.1, 0.15) is 18.1 Å². The lowest BCUT2D eigenvalue weighted by molar-refractivity contribution is 0.329. The number of para-hydroxylation sites is 1. The van der Waals surface area contributed by atoms with Crippen molar-refractivity contribution in [1.82, 2.24) is 15.1 Å². The maximum Gasteiger partial charge on any atom is 0.258 e. The van der Waals surface area contributed by atoms with E-state index in [1.165, 1.54) is 0 Å². The lowest BCUT2D eigenvalue weighted by Gasteiger charge is -2.09. The molecule has 0 radical (unpaired) electrons. The number of nitrogens with zero attached hydrogens (tertiary/aromatic N) is 3. The van der Waals surface area contributed by atoms with Crippen LogP contribution in [0.4, 0.5) is 0 Å². The molecule has 4 rings (SSSR count). The number of ether oxygens (including phenoxy) is 1. The van der Waals surface area contributed by atoms with Crippen LogP contribution < -0.4 is 4.74 Å². The summed E-state index contributed by atoms with van der Waals surface area (Å²) in [6.45, 7) is 6.50. The van der Waals surface area contributed by atoms with Gasteiger partial charge in [0.05, 0.1) is 17.7 Å². The molecule has 26 heavy (non-hydrogen) atoms. The number of pyridine rings is 1. The van der Waals surface area contributed by atoms with Crippen LogP contribution in [-0.2, 0) is 0 Å². The molecule has 0 fully saturated rings. The lowest BCUT2D eigenvalue weighted by atomic mass is 10.1. The van der Waals surface area contributed by atoms with Crippen LogP contribution in [0.5, 0.6) is 5.88 Å². The van der Waals surface area contributed by atoms with Crippen molar-refractivity contribution in [2.45, 2.75) is 20.8 Å². The number of hydrogen-bond acceptors (Lipinski definition) is 5. The van der Waals surface area contributed by atoms with E-state index in [1.54, 1.807) is 0 Å². The monoisotopic (exact) mass is 345 g/mol. The predicted octanol–water partition coefficient (Wildman–Crippen LogP) is 4.97. The van der Waals surface area contributed by atoms with Crippen LogP contribution in [0.25, 0.3) is 33.7 Å². The largest absolute Gasteiger partial charge is 0.477 e. The van der Waals surface area contributed by atoms with Crippen molar-refractivity contribution in [1.29, 1.82) is 0 Å². The van der Waals surface area contributed by atoms with E-state index in [-0.39, 0.29) is 0 Å². The maximum absolute atomic E-state index is 5.76. The van der Waals surface area contributed by atoms with E-state index in [0.717, 1.165) is 33.2 Å². The van der Waals surface area contributed by atoms with Gasteiger partial charge < -0.3 is 9.26 Å². The van der Waals surface area contributed by atoms with Gasteiger partial charge in [0.1, 0.15) is 0 Å². The molecule has 130 valence electrons. The maximum atomic E-state index is 5.76. The first-order chi connectivity index (χ1) is 12.7. The number of fused-ring (bicyclic) bond motifs is 1. The van der Waals surface area contributed by atoms with Crippen molar-refractivity contribution < 1.29 is 9.26 Å². The summed E-state index contributed by atoms with van der Waals surface area (Å²) in [5.41, 5.74) is 4.76. The van der Waals surface area contributed by atoms with Gasteiger partial charge in [0, 0.05) is 10.9 Å². The first kappa shape index (κ1) is 16.3. The SMILES string of the molecule is CCOc1nc2c(C)cccc2cc1-c1noc(-c2ccccc2C)n1. The molecule has 2 aromatic carbocycles. The van der Waals surface area contributed by atoms with Crippen LogP contribution in [0.2, 0.25) is 0 Å². The minimum Gasteiger partial charge on any atom is -0.477 e. The second-order valence-electron chi connectivity index (χ2n) is 6.16. The summed E-state index contributed by atoms with van der Waals surface area (Å²) < 4.78 is 11.3. The molecular weight excluding hydrogens is 326 g/mol. The lowest BCUT2D eigenvalue weighted by Crippen LogP contribution is -1.99. The Balaban J connectivity index is 1.86. The molecule has 0 aliphatic carbocycles. The predicted molar refractivity (Wildman–Crippen MR) is 101 cm³/mol. The first-order valence-electron chi connectivity index (χ1n) is 8.60. The van der Waals surface area contributed by atoms with Crippen molar-refractivity contribution >= 4 is 10.9 Å². The summed E-state index contributed by atoms with van der Waals surface area (Å²) in [5.74, 6) is 1.49. The van der Waals surface area contributed by atoms with Gasteiger partial charge in [-0.3, -0.25) is 0 Å². The van der Waals surface area contributed by atoms with Gasteiger partial charge in [-0.2, -0.15) is 4.98 Å². The number of rotatable bonds is 4. The van der Waals surface area contributed by atoms with Gasteiger partial charge in [-0.1, -0.05) is 41.6 Å². The molecule has 5 nitrogen and oxygen atoms in total. The van der Waals surface area contributed by atoms with Gasteiger partial charge in [-0.05, 0) is 44.0 Å². The Morgan fingerprint density at radius 1 is 0.923 bits per heavy atom. The van der Waals surface area contributed by atoms with Crippen molar-refractivity contribution in [3.05, 3.63) is 59.7 Å². The Morgan fingerprint density at radius 3 is 2.54 bits per heavy atom. The average Bonchev–Trinajstić information content (AvgIpc) is 3.12. The molecule has 0 aliphatic heterocycles. The van der Waals surface area contributed by atoms with Gasteiger partial charge in [0.15, 0.2) is 0 Å². The van der Waals surface area contributed by atoms with Crippen LogP contribution in [-0.4, -0.2) is 21.7 Å². The zero-order chi connectivity index (χ0) is 18.1. The van der Waals surface area contributed by atoms with Gasteiger partial charge in [0.25, 0.3) is 5.89 Å². The van der Waals surface area contributed by atoms with Gasteiger partial charge in [0.2, 0.25) is 11.7 Å². The minimum atomic E-state index is 0.475. The van der Waals surface area contributed by atoms with Gasteiger partial charge >= 0.3 is 0 Å². The number of aryl methyl sites for hydroxylation is 2. The number of hydrogen-bond donors (Lipinski definition) is 0. The van der Waals surface area contributed by atoms with Crippen LogP contribution >= 0.6 is 0 Å². The summed E-state index contributed by atoms with van der Waals surface area (Å²) in [5, 5.41) is 5.19. The van der Waals surface area contributed by atoms with Crippen molar-refractivity contribution in [3.63, 3.8) is 0 Å². The molecule has 4 aromatic rings. The fourth-order valence-electron chi connectivity index (χ4n) is 2.99. The molecule has 0 atom stereocenters. The summed E-state index contributed by atoms with van der Waals surface area (Å²) >= 11 is 0. The summed E-state index contributed by atoms with van der Waals surface area (Å²) in [6, 6.07) is 16.0. The van der Waals surface area contributed by atoms with Crippen molar-refractivity contribution in [2.24, 2.45) is 0 Å². The molecule has 0 saturated carbocycles. The second kappa shape index (κ2) is 6.59. The zero-order valence-electron chi connectivity index (χ0n) is 15.0. The highest BCUT2D eigenvalue weighted by Crippen LogP contribution is 2.32. The smallest absolute Gasteiger partial charge is 0.258 e. The summed E-state index contributed by atoms with van der Waals surface area (Å²) in [4.78, 5) is 9.28. The third kappa shape index (κ3) is 2.81. The highest BCUT2D eigenvalue weighted by Gasteiger charge is 2.18. The quantitative estimate of drug-likeness (QED) is 0.523. The second-order valence-corrected chi connectivity index (χ2v) is 6.16. The molecule has 0 saturated heterocycles. The Kier molecular flexibility index (Phi) is 4.13. The summed E-state index contributed by atoms with van der Waals surface area (Å²) in [7, 11) is 0. The van der Waals surface area contributed by atoms with Crippen LogP contribution in [0.3, 0.4) is 0 Å². The van der Waals surface area contributed by atoms with E-state index in [9.17, 15) is 0 Å². The fourth-order valence-corrected chi connectivity index (χ4v) is 2.99. The summed E-state index contributed by atoms with van der Waals surface area (Å²) in [6.07, 6.45) is 0. The Bertz CT molecular complexity index is 1090.